The molecule has 1 aliphatic rings. The molecule has 1 aromatic heterocycles. The highest BCUT2D eigenvalue weighted by Gasteiger charge is 2.33. The molecule has 0 amide bonds. The van der Waals surface area contributed by atoms with E-state index in [1.165, 1.54) is 10.8 Å². The molecule has 1 atom stereocenters. The topological polar surface area (TPSA) is 65.4 Å². The summed E-state index contributed by atoms with van der Waals surface area (Å²) >= 11 is 0. The third-order valence-electron chi connectivity index (χ3n) is 3.87. The molecule has 0 aliphatic heterocycles. The molecule has 0 radical (unpaired) electrons. The van der Waals surface area contributed by atoms with Crippen LogP contribution in [0.4, 0.5) is 8.78 Å². The van der Waals surface area contributed by atoms with E-state index in [0.29, 0.717) is 0 Å². The van der Waals surface area contributed by atoms with Crippen LogP contribution in [0, 0.1) is 11.6 Å². The van der Waals surface area contributed by atoms with Crippen LogP contribution < -0.4 is 5.43 Å². The highest BCUT2D eigenvalue weighted by Crippen LogP contribution is 2.39. The van der Waals surface area contributed by atoms with Crippen molar-refractivity contribution < 1.29 is 22.5 Å². The first-order chi connectivity index (χ1) is 11.4. The summed E-state index contributed by atoms with van der Waals surface area (Å²) in [6.07, 6.45) is 2.81. The Morgan fingerprint density at radius 1 is 1.33 bits per heavy atom. The van der Waals surface area contributed by atoms with Crippen molar-refractivity contribution in [3.05, 3.63) is 39.6 Å². The maximum absolute atomic E-state index is 13.7. The predicted octanol–water partition coefficient (Wildman–Crippen LogP) is 2.53. The molecule has 0 bridgehead atoms. The van der Waals surface area contributed by atoms with E-state index in [9.17, 15) is 22.6 Å². The average Bonchev–Trinajstić information content (AvgIpc) is 3.33. The smallest absolute Gasteiger partial charge is 0.344 e. The summed E-state index contributed by atoms with van der Waals surface area (Å²) in [5, 5.41) is -0.127. The summed E-state index contributed by atoms with van der Waals surface area (Å²) in [5.41, 5.74) is -1.04. The van der Waals surface area contributed by atoms with Gasteiger partial charge in [0.15, 0.2) is 11.6 Å². The van der Waals surface area contributed by atoms with Gasteiger partial charge in [0.2, 0.25) is 5.43 Å². The second-order valence-corrected chi connectivity index (χ2v) is 6.86. The fourth-order valence-electron chi connectivity index (χ4n) is 2.74. The van der Waals surface area contributed by atoms with Crippen LogP contribution in [0.1, 0.15) is 36.2 Å². The van der Waals surface area contributed by atoms with E-state index in [1.54, 1.807) is 6.92 Å². The molecule has 1 unspecified atom stereocenters. The van der Waals surface area contributed by atoms with E-state index in [2.05, 4.69) is 0 Å². The van der Waals surface area contributed by atoms with Gasteiger partial charge in [-0.1, -0.05) is 0 Å². The van der Waals surface area contributed by atoms with Gasteiger partial charge in [0.1, 0.15) is 10.6 Å². The monoisotopic (exact) mass is 355 g/mol. The van der Waals surface area contributed by atoms with E-state index >= 15 is 0 Å². The Morgan fingerprint density at radius 3 is 2.50 bits per heavy atom. The Kier molecular flexibility index (Phi) is 4.25. The molecule has 2 aromatic rings. The number of benzene rings is 1. The van der Waals surface area contributed by atoms with Crippen molar-refractivity contribution in [1.82, 2.24) is 4.57 Å². The summed E-state index contributed by atoms with van der Waals surface area (Å²) in [7, 11) is -1.69. The van der Waals surface area contributed by atoms with Crippen molar-refractivity contribution >= 4 is 27.7 Å². The minimum absolute atomic E-state index is 0.000502. The largest absolute Gasteiger partial charge is 0.462 e. The molecule has 8 heteroatoms. The van der Waals surface area contributed by atoms with Gasteiger partial charge in [0.25, 0.3) is 0 Å². The Hall–Kier alpha value is -2.09. The van der Waals surface area contributed by atoms with Gasteiger partial charge >= 0.3 is 5.97 Å². The molecule has 0 spiro atoms. The number of fused-ring (bicyclic) bond motifs is 1. The number of pyridine rings is 1. The maximum atomic E-state index is 13.7. The molecular formula is C16H15F2NO4S. The number of carbonyl (C=O) groups excluding carboxylic acids is 1. The average molecular weight is 355 g/mol. The molecule has 1 aliphatic carbocycles. The fourth-order valence-corrected chi connectivity index (χ4v) is 3.73. The maximum Gasteiger partial charge on any atom is 0.344 e. The van der Waals surface area contributed by atoms with Crippen molar-refractivity contribution in [3.63, 3.8) is 0 Å². The number of aromatic nitrogens is 1. The quantitative estimate of drug-likeness (QED) is 0.791. The molecule has 1 aromatic carbocycles. The highest BCUT2D eigenvalue weighted by atomic mass is 32.2. The van der Waals surface area contributed by atoms with Gasteiger partial charge in [-0.2, -0.15) is 0 Å². The Balaban J connectivity index is 2.49. The van der Waals surface area contributed by atoms with Crippen LogP contribution in [-0.4, -0.2) is 27.6 Å². The van der Waals surface area contributed by atoms with Gasteiger partial charge in [0, 0.05) is 23.8 Å². The molecule has 1 fully saturated rings. The van der Waals surface area contributed by atoms with Gasteiger partial charge in [0.05, 0.1) is 22.9 Å². The van der Waals surface area contributed by atoms with E-state index in [4.69, 9.17) is 4.74 Å². The first kappa shape index (κ1) is 16.8. The zero-order valence-corrected chi connectivity index (χ0v) is 13.9. The van der Waals surface area contributed by atoms with E-state index in [1.807, 2.05) is 0 Å². The molecule has 128 valence electrons. The molecule has 1 saturated carbocycles. The normalized spacial score (nSPS) is 15.5. The Bertz CT molecular complexity index is 934. The lowest BCUT2D eigenvalue weighted by Crippen LogP contribution is -2.26. The number of carbonyl (C=O) groups is 1. The highest BCUT2D eigenvalue weighted by molar-refractivity contribution is 7.84. The molecule has 0 N–H and O–H groups in total. The summed E-state index contributed by atoms with van der Waals surface area (Å²) in [5.74, 6) is -3.19. The molecule has 0 saturated heterocycles. The minimum Gasteiger partial charge on any atom is -0.462 e. The fraction of sp³-hybridized carbons (Fsp3) is 0.375. The van der Waals surface area contributed by atoms with Crippen LogP contribution >= 0.6 is 0 Å². The summed E-state index contributed by atoms with van der Waals surface area (Å²) < 4.78 is 46.0. The summed E-state index contributed by atoms with van der Waals surface area (Å²) in [6.45, 7) is 1.61. The van der Waals surface area contributed by atoms with Crippen LogP contribution in [0.15, 0.2) is 22.0 Å². The third kappa shape index (κ3) is 2.64. The van der Waals surface area contributed by atoms with Gasteiger partial charge in [-0.05, 0) is 25.8 Å². The van der Waals surface area contributed by atoms with Gasteiger partial charge in [-0.25, -0.2) is 13.6 Å². The van der Waals surface area contributed by atoms with Crippen molar-refractivity contribution in [2.24, 2.45) is 0 Å². The lowest BCUT2D eigenvalue weighted by molar-refractivity contribution is 0.0519. The van der Waals surface area contributed by atoms with Crippen LogP contribution in [0.25, 0.3) is 10.9 Å². The lowest BCUT2D eigenvalue weighted by atomic mass is 10.1. The Labute approximate surface area is 138 Å². The van der Waals surface area contributed by atoms with Crippen molar-refractivity contribution in [1.29, 1.82) is 0 Å². The van der Waals surface area contributed by atoms with Crippen LogP contribution in [-0.2, 0) is 15.5 Å². The third-order valence-corrected chi connectivity index (χ3v) is 4.81. The number of rotatable bonds is 4. The zero-order chi connectivity index (χ0) is 17.6. The van der Waals surface area contributed by atoms with Crippen LogP contribution in [0.5, 0.6) is 0 Å². The van der Waals surface area contributed by atoms with Crippen LogP contribution in [0.3, 0.4) is 0 Å². The van der Waals surface area contributed by atoms with Gasteiger partial charge in [-0.3, -0.25) is 9.00 Å². The van der Waals surface area contributed by atoms with E-state index < -0.39 is 33.8 Å². The molecule has 1 heterocycles. The SMILES string of the molecule is CCOC(=O)c1c(S(C)=O)n(C2CC2)c2cc(F)c(F)cc2c1=O. The Morgan fingerprint density at radius 2 is 1.96 bits per heavy atom. The second-order valence-electron chi connectivity index (χ2n) is 5.57. The zero-order valence-electron chi connectivity index (χ0n) is 13.1. The molecule has 24 heavy (non-hydrogen) atoms. The number of esters is 1. The van der Waals surface area contributed by atoms with Crippen molar-refractivity contribution in [2.45, 2.75) is 30.8 Å². The van der Waals surface area contributed by atoms with E-state index in [-0.39, 0.29) is 34.1 Å². The van der Waals surface area contributed by atoms with E-state index in [0.717, 1.165) is 25.0 Å². The first-order valence-electron chi connectivity index (χ1n) is 7.44. The van der Waals surface area contributed by atoms with Gasteiger partial charge < -0.3 is 9.30 Å². The summed E-state index contributed by atoms with van der Waals surface area (Å²) in [6, 6.07) is 1.58. The number of ether oxygens (including phenoxy) is 1. The molecular weight excluding hydrogens is 340 g/mol. The van der Waals surface area contributed by atoms with Crippen LogP contribution in [0.2, 0.25) is 0 Å². The summed E-state index contributed by atoms with van der Waals surface area (Å²) in [4.78, 5) is 24.9. The standard InChI is InChI=1S/C16H15F2NO4S/c1-3-23-16(21)13-14(20)9-6-10(17)11(18)7-12(9)19(8-4-5-8)15(13)24(2)22/h6-8H,3-5H2,1-2H3. The first-order valence-corrected chi connectivity index (χ1v) is 9.00. The number of halogens is 2. The van der Waals surface area contributed by atoms with Gasteiger partial charge in [-0.15, -0.1) is 0 Å². The molecule has 5 nitrogen and oxygen atoms in total. The predicted molar refractivity (Wildman–Crippen MR) is 84.7 cm³/mol. The van der Waals surface area contributed by atoms with Crippen molar-refractivity contribution in [3.8, 4) is 0 Å². The number of nitrogens with zero attached hydrogens (tertiary/aromatic N) is 1. The number of hydrogen-bond donors (Lipinski definition) is 0. The molecule has 3 rings (SSSR count). The van der Waals surface area contributed by atoms with Crippen molar-refractivity contribution in [2.75, 3.05) is 12.9 Å². The lowest BCUT2D eigenvalue weighted by Gasteiger charge is -2.18. The second kappa shape index (κ2) is 6.08. The minimum atomic E-state index is -1.69. The number of hydrogen-bond acceptors (Lipinski definition) is 4.